The summed E-state index contributed by atoms with van der Waals surface area (Å²) < 4.78 is 47.3. The molecule has 3 heterocycles. The lowest BCUT2D eigenvalue weighted by molar-refractivity contribution is -0.154. The molecular formula is C21H29F3N6O3. The lowest BCUT2D eigenvalue weighted by Gasteiger charge is -2.29. The maximum atomic E-state index is 12.4. The molecule has 2 aromatic heterocycles. The first-order chi connectivity index (χ1) is 15.4. The summed E-state index contributed by atoms with van der Waals surface area (Å²) in [4.78, 5) is 26.0. The Balaban J connectivity index is 0.000000696. The van der Waals surface area contributed by atoms with Gasteiger partial charge in [-0.25, -0.2) is 4.98 Å². The molecule has 3 rings (SSSR count). The van der Waals surface area contributed by atoms with Crippen molar-refractivity contribution in [3.05, 3.63) is 42.0 Å². The van der Waals surface area contributed by atoms with Crippen LogP contribution in [0.1, 0.15) is 36.8 Å². The lowest BCUT2D eigenvalue weighted by Crippen LogP contribution is -2.38. The van der Waals surface area contributed by atoms with E-state index in [-0.39, 0.29) is 23.7 Å². The summed E-state index contributed by atoms with van der Waals surface area (Å²) in [6.45, 7) is 6.59. The summed E-state index contributed by atoms with van der Waals surface area (Å²) in [5.74, 6) is -0.108. The van der Waals surface area contributed by atoms with Crippen LogP contribution in [-0.2, 0) is 11.3 Å². The van der Waals surface area contributed by atoms with Crippen molar-refractivity contribution >= 4 is 11.7 Å². The van der Waals surface area contributed by atoms with Crippen LogP contribution >= 0.6 is 0 Å². The van der Waals surface area contributed by atoms with Gasteiger partial charge in [0, 0.05) is 49.2 Å². The third kappa shape index (κ3) is 10.4. The van der Waals surface area contributed by atoms with Gasteiger partial charge in [0.2, 0.25) is 5.88 Å². The van der Waals surface area contributed by atoms with Gasteiger partial charge in [0.05, 0.1) is 19.4 Å². The van der Waals surface area contributed by atoms with Gasteiger partial charge < -0.3 is 25.4 Å². The lowest BCUT2D eigenvalue weighted by atomic mass is 10.1. The summed E-state index contributed by atoms with van der Waals surface area (Å²) in [5, 5.41) is 2.71. The first kappa shape index (κ1) is 26.3. The maximum absolute atomic E-state index is 12.4. The highest BCUT2D eigenvalue weighted by atomic mass is 19.4. The molecule has 2 aromatic rings. The van der Waals surface area contributed by atoms with E-state index in [1.165, 1.54) is 24.7 Å². The predicted molar refractivity (Wildman–Crippen MR) is 116 cm³/mol. The summed E-state index contributed by atoms with van der Waals surface area (Å²) in [7, 11) is 0. The van der Waals surface area contributed by atoms with Crippen LogP contribution < -0.4 is 20.7 Å². The first-order valence-electron chi connectivity index (χ1n) is 10.3. The fraction of sp³-hybridized carbons (Fsp3) is 0.524. The number of hydrogen-bond donors (Lipinski definition) is 2. The van der Waals surface area contributed by atoms with Crippen LogP contribution in [0.15, 0.2) is 30.7 Å². The minimum atomic E-state index is -4.45. The summed E-state index contributed by atoms with van der Waals surface area (Å²) >= 11 is 0. The Labute approximate surface area is 190 Å². The quantitative estimate of drug-likeness (QED) is 0.661. The molecule has 0 aromatic carbocycles. The molecule has 0 saturated carbocycles. The molecule has 9 nitrogen and oxygen atoms in total. The van der Waals surface area contributed by atoms with Crippen LogP contribution in [0.4, 0.5) is 19.0 Å². The van der Waals surface area contributed by atoms with Crippen molar-refractivity contribution in [1.29, 1.82) is 0 Å². The number of amides is 1. The van der Waals surface area contributed by atoms with E-state index in [2.05, 4.69) is 20.3 Å². The number of hydrogen-bond acceptors (Lipinski definition) is 8. The number of halogens is 3. The smallest absolute Gasteiger partial charge is 0.422 e. The number of pyridine rings is 1. The van der Waals surface area contributed by atoms with Gasteiger partial charge in [-0.3, -0.25) is 9.78 Å². The number of carbonyl (C=O) groups excluding carboxylic acids is 1. The number of morpholine rings is 1. The van der Waals surface area contributed by atoms with Crippen LogP contribution in [0.2, 0.25) is 0 Å². The molecule has 1 aliphatic rings. The average molecular weight is 470 g/mol. The second kappa shape index (κ2) is 11.8. The molecule has 0 bridgehead atoms. The third-order valence-corrected chi connectivity index (χ3v) is 3.86. The molecule has 33 heavy (non-hydrogen) atoms. The Hall–Kier alpha value is -2.99. The fourth-order valence-electron chi connectivity index (χ4n) is 2.57. The fourth-order valence-corrected chi connectivity index (χ4v) is 2.57. The Morgan fingerprint density at radius 1 is 1.21 bits per heavy atom. The standard InChI is InChI=1S/C17H18F3N5O3.C4H11N/c18-17(19,20)11-28-14-2-1-12(15(24-14)25-5-7-27-8-6-25)9-23-16(26)13-10-21-3-4-22-13;1-4(2,3)5/h1-4,10H,5-9,11H2,(H,23,26);5H2,1-3H3. The third-order valence-electron chi connectivity index (χ3n) is 3.86. The minimum Gasteiger partial charge on any atom is -0.468 e. The molecule has 0 spiro atoms. The van der Waals surface area contributed by atoms with Gasteiger partial charge >= 0.3 is 6.18 Å². The van der Waals surface area contributed by atoms with Gasteiger partial charge in [-0.05, 0) is 26.8 Å². The Bertz CT molecular complexity index is 879. The molecule has 1 saturated heterocycles. The largest absolute Gasteiger partial charge is 0.468 e. The van der Waals surface area contributed by atoms with Crippen LogP contribution in [0.5, 0.6) is 5.88 Å². The van der Waals surface area contributed by atoms with Gasteiger partial charge in [0.25, 0.3) is 5.91 Å². The number of nitrogens with one attached hydrogen (secondary N) is 1. The number of anilines is 1. The molecule has 12 heteroatoms. The molecular weight excluding hydrogens is 441 g/mol. The zero-order valence-corrected chi connectivity index (χ0v) is 18.9. The predicted octanol–water partition coefficient (Wildman–Crippen LogP) is 2.32. The molecule has 3 N–H and O–H groups in total. The highest BCUT2D eigenvalue weighted by molar-refractivity contribution is 5.91. The number of carbonyl (C=O) groups is 1. The van der Waals surface area contributed by atoms with E-state index in [1.54, 1.807) is 6.07 Å². The Morgan fingerprint density at radius 3 is 2.45 bits per heavy atom. The topological polar surface area (TPSA) is 115 Å². The monoisotopic (exact) mass is 470 g/mol. The normalized spacial score (nSPS) is 14.2. The second-order valence-corrected chi connectivity index (χ2v) is 8.27. The summed E-state index contributed by atoms with van der Waals surface area (Å²) in [6, 6.07) is 2.93. The van der Waals surface area contributed by atoms with Crippen molar-refractivity contribution in [3.63, 3.8) is 0 Å². The maximum Gasteiger partial charge on any atom is 0.422 e. The van der Waals surface area contributed by atoms with Crippen molar-refractivity contribution in [2.75, 3.05) is 37.8 Å². The number of ether oxygens (including phenoxy) is 2. The first-order valence-corrected chi connectivity index (χ1v) is 10.3. The van der Waals surface area contributed by atoms with Crippen molar-refractivity contribution in [3.8, 4) is 5.88 Å². The molecule has 182 valence electrons. The van der Waals surface area contributed by atoms with Crippen molar-refractivity contribution in [2.45, 2.75) is 39.0 Å². The number of nitrogens with two attached hydrogens (primary N) is 1. The molecule has 1 aliphatic heterocycles. The molecule has 0 unspecified atom stereocenters. The number of aromatic nitrogens is 3. The van der Waals surface area contributed by atoms with Crippen molar-refractivity contribution in [1.82, 2.24) is 20.3 Å². The van der Waals surface area contributed by atoms with E-state index >= 15 is 0 Å². The zero-order valence-electron chi connectivity index (χ0n) is 18.9. The van der Waals surface area contributed by atoms with E-state index in [1.807, 2.05) is 25.7 Å². The van der Waals surface area contributed by atoms with Crippen LogP contribution in [0.25, 0.3) is 0 Å². The number of alkyl halides is 3. The Kier molecular flexibility index (Phi) is 9.35. The highest BCUT2D eigenvalue weighted by Crippen LogP contribution is 2.24. The van der Waals surface area contributed by atoms with Crippen LogP contribution in [0, 0.1) is 0 Å². The number of nitrogens with zero attached hydrogens (tertiary/aromatic N) is 4. The van der Waals surface area contributed by atoms with Gasteiger partial charge in [-0.2, -0.15) is 18.2 Å². The van der Waals surface area contributed by atoms with Crippen LogP contribution in [-0.4, -0.2) is 65.5 Å². The second-order valence-electron chi connectivity index (χ2n) is 8.27. The number of rotatable bonds is 6. The van der Waals surface area contributed by atoms with Gasteiger partial charge in [-0.1, -0.05) is 0 Å². The Morgan fingerprint density at radius 2 is 1.88 bits per heavy atom. The van der Waals surface area contributed by atoms with Gasteiger partial charge in [-0.15, -0.1) is 0 Å². The van der Waals surface area contributed by atoms with E-state index < -0.39 is 18.7 Å². The highest BCUT2D eigenvalue weighted by Gasteiger charge is 2.29. The SMILES string of the molecule is CC(C)(C)N.O=C(NCc1ccc(OCC(F)(F)F)nc1N1CCOCC1)c1cnccn1. The summed E-state index contributed by atoms with van der Waals surface area (Å²) in [5.41, 5.74) is 6.15. The zero-order chi connectivity index (χ0) is 24.5. The van der Waals surface area contributed by atoms with Crippen molar-refractivity contribution in [2.24, 2.45) is 5.73 Å². The van der Waals surface area contributed by atoms with Gasteiger partial charge in [0.1, 0.15) is 11.5 Å². The molecule has 1 amide bonds. The van der Waals surface area contributed by atoms with E-state index in [4.69, 9.17) is 15.2 Å². The molecule has 0 atom stereocenters. The van der Waals surface area contributed by atoms with E-state index in [0.29, 0.717) is 37.7 Å². The molecule has 1 fully saturated rings. The minimum absolute atomic E-state index is 0. The van der Waals surface area contributed by atoms with Crippen LogP contribution in [0.3, 0.4) is 0 Å². The average Bonchev–Trinajstić information content (AvgIpc) is 2.76. The molecule has 0 radical (unpaired) electrons. The summed E-state index contributed by atoms with van der Waals surface area (Å²) in [6.07, 6.45) is -0.256. The molecule has 0 aliphatic carbocycles. The van der Waals surface area contributed by atoms with E-state index in [9.17, 15) is 18.0 Å². The van der Waals surface area contributed by atoms with Crippen molar-refractivity contribution < 1.29 is 27.4 Å². The van der Waals surface area contributed by atoms with Gasteiger partial charge in [0.15, 0.2) is 6.61 Å². The van der Waals surface area contributed by atoms with E-state index in [0.717, 1.165) is 0 Å².